The van der Waals surface area contributed by atoms with Crippen molar-refractivity contribution in [3.8, 4) is 5.88 Å². The van der Waals surface area contributed by atoms with Crippen molar-refractivity contribution in [3.05, 3.63) is 12.4 Å². The normalized spacial score (nSPS) is 16.9. The second-order valence-corrected chi connectivity index (χ2v) is 4.02. The van der Waals surface area contributed by atoms with Gasteiger partial charge in [-0.05, 0) is 12.8 Å². The van der Waals surface area contributed by atoms with Gasteiger partial charge in [-0.3, -0.25) is 4.79 Å². The molecule has 0 bridgehead atoms. The maximum atomic E-state index is 10.8. The van der Waals surface area contributed by atoms with Crippen molar-refractivity contribution in [1.29, 1.82) is 0 Å². The van der Waals surface area contributed by atoms with E-state index >= 15 is 0 Å². The van der Waals surface area contributed by atoms with Crippen molar-refractivity contribution < 1.29 is 14.6 Å². The molecule has 1 aromatic rings. The topological polar surface area (TPSA) is 75.5 Å². The summed E-state index contributed by atoms with van der Waals surface area (Å²) in [5, 5.41) is 8.90. The molecule has 0 aliphatic carbocycles. The predicted molar refractivity (Wildman–Crippen MR) is 61.2 cm³/mol. The molecule has 0 amide bonds. The van der Waals surface area contributed by atoms with Gasteiger partial charge in [0.1, 0.15) is 5.82 Å². The molecule has 0 atom stereocenters. The quantitative estimate of drug-likeness (QED) is 0.837. The molecule has 1 saturated heterocycles. The third-order valence-corrected chi connectivity index (χ3v) is 2.99. The van der Waals surface area contributed by atoms with Crippen LogP contribution in [-0.2, 0) is 4.79 Å². The van der Waals surface area contributed by atoms with Crippen LogP contribution in [0.2, 0.25) is 0 Å². The first-order chi connectivity index (χ1) is 8.20. The summed E-state index contributed by atoms with van der Waals surface area (Å²) in [6.45, 7) is 1.41. The molecule has 0 aromatic carbocycles. The zero-order valence-electron chi connectivity index (χ0n) is 9.67. The number of carbonyl (C=O) groups is 1. The van der Waals surface area contributed by atoms with Crippen molar-refractivity contribution in [2.24, 2.45) is 5.92 Å². The average Bonchev–Trinajstić information content (AvgIpc) is 2.39. The number of piperidine rings is 1. The van der Waals surface area contributed by atoms with Crippen molar-refractivity contribution in [2.75, 3.05) is 25.1 Å². The molecule has 2 heterocycles. The third-order valence-electron chi connectivity index (χ3n) is 2.99. The number of ether oxygens (including phenoxy) is 1. The largest absolute Gasteiger partial charge is 0.481 e. The van der Waals surface area contributed by atoms with E-state index in [1.54, 1.807) is 19.5 Å². The maximum absolute atomic E-state index is 10.8. The Kier molecular flexibility index (Phi) is 3.41. The molecule has 6 heteroatoms. The van der Waals surface area contributed by atoms with Crippen LogP contribution in [0.25, 0.3) is 0 Å². The van der Waals surface area contributed by atoms with E-state index in [1.807, 2.05) is 4.90 Å². The van der Waals surface area contributed by atoms with E-state index in [1.165, 1.54) is 0 Å². The number of nitrogens with zero attached hydrogens (tertiary/aromatic N) is 3. The highest BCUT2D eigenvalue weighted by Gasteiger charge is 2.25. The van der Waals surface area contributed by atoms with Gasteiger partial charge in [0, 0.05) is 13.1 Å². The summed E-state index contributed by atoms with van der Waals surface area (Å²) >= 11 is 0. The summed E-state index contributed by atoms with van der Waals surface area (Å²) in [6.07, 6.45) is 4.53. The molecule has 1 aliphatic rings. The number of aliphatic carboxylic acids is 1. The first-order valence-electron chi connectivity index (χ1n) is 5.54. The standard InChI is InChI=1S/C11H15N3O3/c1-17-10-7-12-9(6-13-10)14-4-2-8(3-5-14)11(15)16/h6-8H,2-5H2,1H3,(H,15,16). The molecule has 1 N–H and O–H groups in total. The van der Waals surface area contributed by atoms with Crippen LogP contribution in [0.1, 0.15) is 12.8 Å². The fourth-order valence-corrected chi connectivity index (χ4v) is 1.93. The average molecular weight is 237 g/mol. The third kappa shape index (κ3) is 2.64. The molecule has 1 aliphatic heterocycles. The van der Waals surface area contributed by atoms with Crippen molar-refractivity contribution in [2.45, 2.75) is 12.8 Å². The second-order valence-electron chi connectivity index (χ2n) is 4.02. The Morgan fingerprint density at radius 1 is 1.41 bits per heavy atom. The lowest BCUT2D eigenvalue weighted by Crippen LogP contribution is -2.36. The van der Waals surface area contributed by atoms with Crippen LogP contribution in [0.4, 0.5) is 5.82 Å². The monoisotopic (exact) mass is 237 g/mol. The van der Waals surface area contributed by atoms with Gasteiger partial charge in [0.15, 0.2) is 0 Å². The Hall–Kier alpha value is -1.85. The minimum Gasteiger partial charge on any atom is -0.481 e. The zero-order chi connectivity index (χ0) is 12.3. The highest BCUT2D eigenvalue weighted by atomic mass is 16.5. The van der Waals surface area contributed by atoms with Crippen LogP contribution in [0, 0.1) is 5.92 Å². The lowest BCUT2D eigenvalue weighted by Gasteiger charge is -2.30. The number of methoxy groups -OCH3 is 1. The maximum Gasteiger partial charge on any atom is 0.306 e. The number of rotatable bonds is 3. The summed E-state index contributed by atoms with van der Waals surface area (Å²) in [5.41, 5.74) is 0. The number of aromatic nitrogens is 2. The molecule has 1 fully saturated rings. The summed E-state index contributed by atoms with van der Waals surface area (Å²) in [7, 11) is 1.54. The molecule has 2 rings (SSSR count). The summed E-state index contributed by atoms with van der Waals surface area (Å²) in [5.74, 6) is 0.326. The van der Waals surface area contributed by atoms with Crippen molar-refractivity contribution in [3.63, 3.8) is 0 Å². The van der Waals surface area contributed by atoms with Crippen LogP contribution in [-0.4, -0.2) is 41.2 Å². The van der Waals surface area contributed by atoms with E-state index in [9.17, 15) is 4.79 Å². The molecule has 0 spiro atoms. The Balaban J connectivity index is 1.97. The zero-order valence-corrected chi connectivity index (χ0v) is 9.67. The van der Waals surface area contributed by atoms with E-state index in [2.05, 4.69) is 9.97 Å². The van der Waals surface area contributed by atoms with E-state index < -0.39 is 5.97 Å². The Labute approximate surface area is 99.2 Å². The first-order valence-corrected chi connectivity index (χ1v) is 5.54. The minimum atomic E-state index is -0.703. The number of carboxylic acid groups (broad SMARTS) is 1. The van der Waals surface area contributed by atoms with Crippen LogP contribution in [0.3, 0.4) is 0 Å². The van der Waals surface area contributed by atoms with Crippen LogP contribution >= 0.6 is 0 Å². The number of hydrogen-bond donors (Lipinski definition) is 1. The number of carboxylic acids is 1. The van der Waals surface area contributed by atoms with Gasteiger partial charge in [-0.15, -0.1) is 0 Å². The van der Waals surface area contributed by atoms with Crippen molar-refractivity contribution in [1.82, 2.24) is 9.97 Å². The van der Waals surface area contributed by atoms with Gasteiger partial charge in [-0.2, -0.15) is 0 Å². The van der Waals surface area contributed by atoms with Crippen LogP contribution < -0.4 is 9.64 Å². The van der Waals surface area contributed by atoms with Crippen LogP contribution in [0.5, 0.6) is 5.88 Å². The SMILES string of the molecule is COc1cnc(N2CCC(C(=O)O)CC2)cn1. The van der Waals surface area contributed by atoms with E-state index in [-0.39, 0.29) is 5.92 Å². The van der Waals surface area contributed by atoms with Gasteiger partial charge >= 0.3 is 5.97 Å². The molecular weight excluding hydrogens is 222 g/mol. The smallest absolute Gasteiger partial charge is 0.306 e. The van der Waals surface area contributed by atoms with Gasteiger partial charge in [0.25, 0.3) is 0 Å². The van der Waals surface area contributed by atoms with Gasteiger partial charge in [-0.1, -0.05) is 0 Å². The van der Waals surface area contributed by atoms with Crippen LogP contribution in [0.15, 0.2) is 12.4 Å². The molecule has 1 aromatic heterocycles. The lowest BCUT2D eigenvalue weighted by molar-refractivity contribution is -0.142. The summed E-state index contributed by atoms with van der Waals surface area (Å²) in [4.78, 5) is 21.2. The molecule has 0 unspecified atom stereocenters. The number of anilines is 1. The molecule has 92 valence electrons. The second kappa shape index (κ2) is 4.99. The fourth-order valence-electron chi connectivity index (χ4n) is 1.93. The molecule has 0 radical (unpaired) electrons. The summed E-state index contributed by atoms with van der Waals surface area (Å²) in [6, 6.07) is 0. The van der Waals surface area contributed by atoms with E-state index in [0.29, 0.717) is 31.8 Å². The molecular formula is C11H15N3O3. The number of hydrogen-bond acceptors (Lipinski definition) is 5. The predicted octanol–water partition coefficient (Wildman–Crippen LogP) is 0.786. The van der Waals surface area contributed by atoms with E-state index in [0.717, 1.165) is 5.82 Å². The highest BCUT2D eigenvalue weighted by molar-refractivity contribution is 5.70. The Morgan fingerprint density at radius 2 is 2.12 bits per heavy atom. The van der Waals surface area contributed by atoms with Gasteiger partial charge < -0.3 is 14.7 Å². The lowest BCUT2D eigenvalue weighted by atomic mass is 9.97. The van der Waals surface area contributed by atoms with Gasteiger partial charge in [0.05, 0.1) is 25.4 Å². The Morgan fingerprint density at radius 3 is 2.59 bits per heavy atom. The highest BCUT2D eigenvalue weighted by Crippen LogP contribution is 2.21. The van der Waals surface area contributed by atoms with Crippen molar-refractivity contribution >= 4 is 11.8 Å². The molecule has 6 nitrogen and oxygen atoms in total. The first kappa shape index (κ1) is 11.6. The van der Waals surface area contributed by atoms with E-state index in [4.69, 9.17) is 9.84 Å². The molecule has 0 saturated carbocycles. The Bertz CT molecular complexity index is 385. The fraction of sp³-hybridized carbons (Fsp3) is 0.545. The van der Waals surface area contributed by atoms with Gasteiger partial charge in [0.2, 0.25) is 5.88 Å². The minimum absolute atomic E-state index is 0.225. The van der Waals surface area contributed by atoms with Gasteiger partial charge in [-0.25, -0.2) is 9.97 Å². The summed E-state index contributed by atoms with van der Waals surface area (Å²) < 4.78 is 4.94. The molecule has 17 heavy (non-hydrogen) atoms.